The van der Waals surface area contributed by atoms with Gasteiger partial charge in [-0.25, -0.2) is 4.99 Å². The molecule has 0 amide bonds. The summed E-state index contributed by atoms with van der Waals surface area (Å²) in [5, 5.41) is 19.8. The van der Waals surface area contributed by atoms with Gasteiger partial charge in [-0.3, -0.25) is 5.10 Å². The minimum absolute atomic E-state index is 0.348. The van der Waals surface area contributed by atoms with Crippen molar-refractivity contribution in [3.8, 4) is 11.8 Å². The van der Waals surface area contributed by atoms with Crippen molar-refractivity contribution in [2.75, 3.05) is 12.4 Å². The van der Waals surface area contributed by atoms with Gasteiger partial charge in [-0.2, -0.15) is 10.4 Å². The van der Waals surface area contributed by atoms with Crippen LogP contribution in [0.25, 0.3) is 0 Å². The van der Waals surface area contributed by atoms with Gasteiger partial charge in [-0.15, -0.1) is 0 Å². The summed E-state index contributed by atoms with van der Waals surface area (Å²) in [4.78, 5) is 4.41. The quantitative estimate of drug-likeness (QED) is 0.646. The molecule has 2 N–H and O–H groups in total. The van der Waals surface area contributed by atoms with E-state index in [-0.39, 0.29) is 0 Å². The number of aliphatic imine (C=N–C) groups is 1. The van der Waals surface area contributed by atoms with Gasteiger partial charge in [0, 0.05) is 11.9 Å². The van der Waals surface area contributed by atoms with Crippen molar-refractivity contribution in [1.82, 2.24) is 10.2 Å². The number of anilines is 2. The summed E-state index contributed by atoms with van der Waals surface area (Å²) in [6.45, 7) is 6.03. The van der Waals surface area contributed by atoms with Crippen molar-refractivity contribution in [1.29, 1.82) is 5.26 Å². The molecule has 27 heavy (non-hydrogen) atoms. The SMILES string of the molecule is COc1ccc(C=Nc2n[nH]c(Nc3cccc(C)c3)c2C#N)c(C)c1C. The highest BCUT2D eigenvalue weighted by Gasteiger charge is 2.13. The van der Waals surface area contributed by atoms with Gasteiger partial charge < -0.3 is 10.1 Å². The molecule has 0 aliphatic rings. The van der Waals surface area contributed by atoms with Crippen LogP contribution in [0.15, 0.2) is 41.4 Å². The zero-order valence-electron chi connectivity index (χ0n) is 15.8. The lowest BCUT2D eigenvalue weighted by molar-refractivity contribution is 0.411. The summed E-state index contributed by atoms with van der Waals surface area (Å²) >= 11 is 0. The third-order valence-corrected chi connectivity index (χ3v) is 4.47. The van der Waals surface area contributed by atoms with Crippen LogP contribution in [0, 0.1) is 32.1 Å². The summed E-state index contributed by atoms with van der Waals surface area (Å²) in [7, 11) is 1.65. The molecule has 2 aromatic carbocycles. The Morgan fingerprint density at radius 1 is 1.19 bits per heavy atom. The topological polar surface area (TPSA) is 86.1 Å². The van der Waals surface area contributed by atoms with E-state index in [9.17, 15) is 5.26 Å². The van der Waals surface area contributed by atoms with Crippen LogP contribution in [-0.2, 0) is 0 Å². The predicted molar refractivity (Wildman–Crippen MR) is 107 cm³/mol. The average Bonchev–Trinajstić information content (AvgIpc) is 3.04. The second-order valence-corrected chi connectivity index (χ2v) is 6.27. The molecule has 1 aromatic heterocycles. The van der Waals surface area contributed by atoms with Crippen LogP contribution in [0.1, 0.15) is 27.8 Å². The molecule has 0 fully saturated rings. The molecule has 6 heteroatoms. The average molecular weight is 359 g/mol. The second kappa shape index (κ2) is 7.75. The Kier molecular flexibility index (Phi) is 5.23. The van der Waals surface area contributed by atoms with Gasteiger partial charge in [-0.05, 0) is 67.3 Å². The Hall–Kier alpha value is -3.59. The zero-order valence-corrected chi connectivity index (χ0v) is 15.8. The summed E-state index contributed by atoms with van der Waals surface area (Å²) in [5.41, 5.74) is 5.47. The molecule has 0 saturated carbocycles. The standard InChI is InChI=1S/C21H21N5O/c1-13-6-5-7-17(10-13)24-21-18(11-22)20(25-26-21)23-12-16-8-9-19(27-4)15(3)14(16)2/h5-10,12H,1-4H3,(H2,24,25,26). The molecule has 0 bridgehead atoms. The molecule has 0 saturated heterocycles. The third kappa shape index (κ3) is 3.82. The number of ether oxygens (including phenoxy) is 1. The van der Waals surface area contributed by atoms with Crippen LogP contribution in [0.3, 0.4) is 0 Å². The molecule has 0 unspecified atom stereocenters. The number of aryl methyl sites for hydroxylation is 1. The van der Waals surface area contributed by atoms with E-state index in [0.29, 0.717) is 17.2 Å². The molecule has 3 aromatic rings. The molecule has 136 valence electrons. The molecular formula is C21H21N5O. The second-order valence-electron chi connectivity index (χ2n) is 6.27. The highest BCUT2D eigenvalue weighted by Crippen LogP contribution is 2.27. The Morgan fingerprint density at radius 2 is 2.00 bits per heavy atom. The van der Waals surface area contributed by atoms with Crippen molar-refractivity contribution in [2.24, 2.45) is 4.99 Å². The van der Waals surface area contributed by atoms with Gasteiger partial charge in [0.25, 0.3) is 0 Å². The Labute approximate surface area is 158 Å². The minimum atomic E-state index is 0.348. The van der Waals surface area contributed by atoms with Crippen molar-refractivity contribution in [3.05, 3.63) is 64.2 Å². The van der Waals surface area contributed by atoms with Crippen LogP contribution in [0.4, 0.5) is 17.3 Å². The maximum absolute atomic E-state index is 9.54. The van der Waals surface area contributed by atoms with Gasteiger partial charge in [-0.1, -0.05) is 12.1 Å². The van der Waals surface area contributed by atoms with Crippen LogP contribution in [-0.4, -0.2) is 23.5 Å². The molecule has 0 radical (unpaired) electrons. The zero-order chi connectivity index (χ0) is 19.4. The van der Waals surface area contributed by atoms with Gasteiger partial charge in [0.05, 0.1) is 7.11 Å². The number of aromatic nitrogens is 2. The van der Waals surface area contributed by atoms with Crippen molar-refractivity contribution in [3.63, 3.8) is 0 Å². The van der Waals surface area contributed by atoms with Crippen molar-refractivity contribution in [2.45, 2.75) is 20.8 Å². The van der Waals surface area contributed by atoms with E-state index >= 15 is 0 Å². The van der Waals surface area contributed by atoms with E-state index in [1.165, 1.54) is 0 Å². The number of benzene rings is 2. The normalized spacial score (nSPS) is 10.8. The van der Waals surface area contributed by atoms with Gasteiger partial charge >= 0.3 is 0 Å². The summed E-state index contributed by atoms with van der Waals surface area (Å²) in [5.74, 6) is 1.71. The summed E-state index contributed by atoms with van der Waals surface area (Å²) < 4.78 is 5.34. The molecule has 0 aliphatic carbocycles. The number of methoxy groups -OCH3 is 1. The minimum Gasteiger partial charge on any atom is -0.496 e. The first-order chi connectivity index (χ1) is 13.0. The van der Waals surface area contributed by atoms with E-state index in [1.807, 2.05) is 57.2 Å². The first-order valence-electron chi connectivity index (χ1n) is 8.54. The predicted octanol–water partition coefficient (Wildman–Crippen LogP) is 4.71. The molecule has 0 spiro atoms. The van der Waals surface area contributed by atoms with Crippen molar-refractivity contribution >= 4 is 23.5 Å². The fourth-order valence-electron chi connectivity index (χ4n) is 2.80. The Morgan fingerprint density at radius 3 is 2.70 bits per heavy atom. The van der Waals surface area contributed by atoms with E-state index in [0.717, 1.165) is 33.7 Å². The lowest BCUT2D eigenvalue weighted by Crippen LogP contribution is -1.95. The highest BCUT2D eigenvalue weighted by atomic mass is 16.5. The Balaban J connectivity index is 1.88. The number of hydrogen-bond donors (Lipinski definition) is 2. The summed E-state index contributed by atoms with van der Waals surface area (Å²) in [6.07, 6.45) is 1.72. The van der Waals surface area contributed by atoms with Gasteiger partial charge in [0.1, 0.15) is 23.2 Å². The van der Waals surface area contributed by atoms with Crippen LogP contribution >= 0.6 is 0 Å². The number of nitriles is 1. The van der Waals surface area contributed by atoms with Crippen LogP contribution < -0.4 is 10.1 Å². The van der Waals surface area contributed by atoms with Crippen LogP contribution in [0.5, 0.6) is 5.75 Å². The van der Waals surface area contributed by atoms with Gasteiger partial charge in [0.2, 0.25) is 0 Å². The molecule has 0 atom stereocenters. The molecule has 1 heterocycles. The fraction of sp³-hybridized carbons (Fsp3) is 0.190. The molecule has 0 aliphatic heterocycles. The lowest BCUT2D eigenvalue weighted by atomic mass is 10.0. The molecular weight excluding hydrogens is 338 g/mol. The van der Waals surface area contributed by atoms with Gasteiger partial charge in [0.15, 0.2) is 5.82 Å². The number of nitrogens with one attached hydrogen (secondary N) is 2. The molecule has 3 rings (SSSR count). The summed E-state index contributed by atoms with van der Waals surface area (Å²) in [6, 6.07) is 13.9. The Bertz CT molecular complexity index is 1040. The third-order valence-electron chi connectivity index (χ3n) is 4.47. The number of rotatable bonds is 5. The number of nitrogens with zero attached hydrogens (tertiary/aromatic N) is 3. The maximum atomic E-state index is 9.54. The highest BCUT2D eigenvalue weighted by molar-refractivity contribution is 5.85. The number of aromatic amines is 1. The first-order valence-corrected chi connectivity index (χ1v) is 8.54. The maximum Gasteiger partial charge on any atom is 0.193 e. The number of H-pyrrole nitrogens is 1. The van der Waals surface area contributed by atoms with E-state index < -0.39 is 0 Å². The smallest absolute Gasteiger partial charge is 0.193 e. The monoisotopic (exact) mass is 359 g/mol. The number of hydrogen-bond acceptors (Lipinski definition) is 5. The first kappa shape index (κ1) is 18.2. The molecule has 6 nitrogen and oxygen atoms in total. The van der Waals surface area contributed by atoms with E-state index in [2.05, 4.69) is 26.6 Å². The fourth-order valence-corrected chi connectivity index (χ4v) is 2.80. The largest absolute Gasteiger partial charge is 0.496 e. The van der Waals surface area contributed by atoms with E-state index in [1.54, 1.807) is 13.3 Å². The lowest BCUT2D eigenvalue weighted by Gasteiger charge is -2.09. The van der Waals surface area contributed by atoms with Crippen LogP contribution in [0.2, 0.25) is 0 Å². The van der Waals surface area contributed by atoms with E-state index in [4.69, 9.17) is 4.74 Å². The van der Waals surface area contributed by atoms with Crippen molar-refractivity contribution < 1.29 is 4.74 Å².